The first-order valence-electron chi connectivity index (χ1n) is 7.94. The van der Waals surface area contributed by atoms with Crippen LogP contribution >= 0.6 is 0 Å². The maximum Gasteiger partial charge on any atom is 0.338 e. The van der Waals surface area contributed by atoms with Gasteiger partial charge in [0.15, 0.2) is 6.61 Å². The zero-order chi connectivity index (χ0) is 20.0. The van der Waals surface area contributed by atoms with Crippen molar-refractivity contribution in [3.63, 3.8) is 0 Å². The van der Waals surface area contributed by atoms with E-state index in [1.54, 1.807) is 31.2 Å². The highest BCUT2D eigenvalue weighted by molar-refractivity contribution is 7.89. The van der Waals surface area contributed by atoms with E-state index in [1.165, 1.54) is 31.4 Å². The quantitative estimate of drug-likeness (QED) is 0.686. The predicted octanol–water partition coefficient (Wildman–Crippen LogP) is 1.38. The number of esters is 1. The van der Waals surface area contributed by atoms with Crippen LogP contribution in [-0.4, -0.2) is 34.0 Å². The molecular formula is C18H20N2O6S. The van der Waals surface area contributed by atoms with Crippen LogP contribution in [0.1, 0.15) is 28.9 Å². The first-order valence-corrected chi connectivity index (χ1v) is 9.48. The third-order valence-corrected chi connectivity index (χ3v) is 4.68. The normalized spacial score (nSPS) is 12.1. The average molecular weight is 392 g/mol. The maximum absolute atomic E-state index is 12.0. The highest BCUT2D eigenvalue weighted by Crippen LogP contribution is 2.15. The fraction of sp³-hybridized carbons (Fsp3) is 0.222. The van der Waals surface area contributed by atoms with Crippen LogP contribution < -0.4 is 15.2 Å². The van der Waals surface area contributed by atoms with Gasteiger partial charge in [-0.1, -0.05) is 12.1 Å². The van der Waals surface area contributed by atoms with Gasteiger partial charge in [0.2, 0.25) is 10.0 Å². The van der Waals surface area contributed by atoms with Gasteiger partial charge < -0.3 is 14.8 Å². The third kappa shape index (κ3) is 5.80. The zero-order valence-corrected chi connectivity index (χ0v) is 15.7. The first kappa shape index (κ1) is 20.4. The second kappa shape index (κ2) is 8.65. The van der Waals surface area contributed by atoms with Gasteiger partial charge in [0.1, 0.15) is 5.75 Å². The number of benzene rings is 2. The van der Waals surface area contributed by atoms with E-state index in [4.69, 9.17) is 14.6 Å². The molecule has 3 N–H and O–H groups in total. The van der Waals surface area contributed by atoms with E-state index >= 15 is 0 Å². The number of hydrogen-bond donors (Lipinski definition) is 2. The molecule has 0 aromatic heterocycles. The average Bonchev–Trinajstić information content (AvgIpc) is 2.65. The molecule has 0 aliphatic heterocycles. The minimum atomic E-state index is -3.77. The molecule has 2 aromatic rings. The van der Waals surface area contributed by atoms with E-state index in [-0.39, 0.29) is 4.90 Å². The molecule has 0 unspecified atom stereocenters. The van der Waals surface area contributed by atoms with E-state index in [0.717, 1.165) is 0 Å². The minimum absolute atomic E-state index is 0.0156. The zero-order valence-electron chi connectivity index (χ0n) is 14.8. The Balaban J connectivity index is 1.88. The van der Waals surface area contributed by atoms with Crippen molar-refractivity contribution in [3.05, 3.63) is 59.7 Å². The Morgan fingerprint density at radius 3 is 2.19 bits per heavy atom. The lowest BCUT2D eigenvalue weighted by molar-refractivity contribution is -0.124. The number of amides is 1. The summed E-state index contributed by atoms with van der Waals surface area (Å²) in [6.07, 6.45) is 0. The highest BCUT2D eigenvalue weighted by atomic mass is 32.2. The number of carbonyl (C=O) groups is 2. The number of sulfonamides is 1. The van der Waals surface area contributed by atoms with Crippen molar-refractivity contribution in [2.45, 2.75) is 17.9 Å². The molecule has 0 saturated heterocycles. The molecule has 0 aliphatic carbocycles. The second-order valence-corrected chi connectivity index (χ2v) is 7.27. The monoisotopic (exact) mass is 392 g/mol. The fourth-order valence-electron chi connectivity index (χ4n) is 2.25. The number of nitrogens with two attached hydrogens (primary N) is 1. The maximum atomic E-state index is 12.0. The van der Waals surface area contributed by atoms with Gasteiger partial charge in [-0.05, 0) is 48.9 Å². The van der Waals surface area contributed by atoms with E-state index < -0.39 is 34.5 Å². The lowest BCUT2D eigenvalue weighted by atomic mass is 10.1. The van der Waals surface area contributed by atoms with Gasteiger partial charge in [-0.3, -0.25) is 4.79 Å². The SMILES string of the molecule is COc1ccc(C(=O)OCC(=O)N[C@H](C)c2ccc(S(N)(=O)=O)cc2)cc1. The summed E-state index contributed by atoms with van der Waals surface area (Å²) in [5.74, 6) is -0.510. The third-order valence-electron chi connectivity index (χ3n) is 3.75. The molecule has 0 fully saturated rings. The molecule has 1 amide bonds. The molecule has 2 aromatic carbocycles. The molecule has 0 saturated carbocycles. The number of primary sulfonamides is 1. The molecule has 0 heterocycles. The van der Waals surface area contributed by atoms with Crippen molar-refractivity contribution < 1.29 is 27.5 Å². The largest absolute Gasteiger partial charge is 0.497 e. The lowest BCUT2D eigenvalue weighted by Gasteiger charge is -2.15. The molecule has 27 heavy (non-hydrogen) atoms. The smallest absolute Gasteiger partial charge is 0.338 e. The summed E-state index contributed by atoms with van der Waals surface area (Å²) in [5.41, 5.74) is 0.979. The Morgan fingerprint density at radius 1 is 1.07 bits per heavy atom. The van der Waals surface area contributed by atoms with E-state index in [9.17, 15) is 18.0 Å². The summed E-state index contributed by atoms with van der Waals surface area (Å²) in [6, 6.07) is 11.7. The molecule has 1 atom stereocenters. The van der Waals surface area contributed by atoms with Gasteiger partial charge in [-0.25, -0.2) is 18.4 Å². The molecule has 8 nitrogen and oxygen atoms in total. The summed E-state index contributed by atoms with van der Waals surface area (Å²) in [5, 5.41) is 7.71. The minimum Gasteiger partial charge on any atom is -0.497 e. The fourth-order valence-corrected chi connectivity index (χ4v) is 2.77. The van der Waals surface area contributed by atoms with Crippen LogP contribution in [0.5, 0.6) is 5.75 Å². The van der Waals surface area contributed by atoms with E-state index in [1.807, 2.05) is 0 Å². The highest BCUT2D eigenvalue weighted by Gasteiger charge is 2.14. The van der Waals surface area contributed by atoms with Gasteiger partial charge >= 0.3 is 5.97 Å². The Morgan fingerprint density at radius 2 is 1.67 bits per heavy atom. The van der Waals surface area contributed by atoms with Crippen molar-refractivity contribution in [2.75, 3.05) is 13.7 Å². The summed E-state index contributed by atoms with van der Waals surface area (Å²) in [7, 11) is -2.25. The van der Waals surface area contributed by atoms with Crippen LogP contribution in [0.4, 0.5) is 0 Å². The summed E-state index contributed by atoms with van der Waals surface area (Å²) < 4.78 is 32.5. The standard InChI is InChI=1S/C18H20N2O6S/c1-12(13-5-9-16(10-6-13)27(19,23)24)20-17(21)11-26-18(22)14-3-7-15(25-2)8-4-14/h3-10,12H,11H2,1-2H3,(H,20,21)(H2,19,23,24)/t12-/m1/s1. The van der Waals surface area contributed by atoms with E-state index in [0.29, 0.717) is 16.9 Å². The Hall–Kier alpha value is -2.91. The number of nitrogens with one attached hydrogen (secondary N) is 1. The first-order chi connectivity index (χ1) is 12.7. The summed E-state index contributed by atoms with van der Waals surface area (Å²) in [4.78, 5) is 23.9. The van der Waals surface area contributed by atoms with Crippen molar-refractivity contribution in [1.29, 1.82) is 0 Å². The number of ether oxygens (including phenoxy) is 2. The molecule has 0 radical (unpaired) electrons. The van der Waals surface area contributed by atoms with Crippen LogP contribution in [0.15, 0.2) is 53.4 Å². The van der Waals surface area contributed by atoms with Gasteiger partial charge in [0.05, 0.1) is 23.6 Å². The summed E-state index contributed by atoms with van der Waals surface area (Å²) in [6.45, 7) is 1.28. The van der Waals surface area contributed by atoms with Gasteiger partial charge in [-0.15, -0.1) is 0 Å². The number of carbonyl (C=O) groups excluding carboxylic acids is 2. The van der Waals surface area contributed by atoms with Crippen molar-refractivity contribution >= 4 is 21.9 Å². The molecular weight excluding hydrogens is 372 g/mol. The molecule has 0 aliphatic rings. The molecule has 9 heteroatoms. The van der Waals surface area contributed by atoms with Crippen molar-refractivity contribution in [2.24, 2.45) is 5.14 Å². The van der Waals surface area contributed by atoms with Crippen LogP contribution in [-0.2, 0) is 19.6 Å². The van der Waals surface area contributed by atoms with Gasteiger partial charge in [-0.2, -0.15) is 0 Å². The van der Waals surface area contributed by atoms with Crippen LogP contribution in [0.3, 0.4) is 0 Å². The number of methoxy groups -OCH3 is 1. The van der Waals surface area contributed by atoms with Crippen molar-refractivity contribution in [3.8, 4) is 5.75 Å². The van der Waals surface area contributed by atoms with Gasteiger partial charge in [0, 0.05) is 0 Å². The van der Waals surface area contributed by atoms with Crippen molar-refractivity contribution in [1.82, 2.24) is 5.32 Å². The molecule has 144 valence electrons. The predicted molar refractivity (Wildman–Crippen MR) is 97.6 cm³/mol. The van der Waals surface area contributed by atoms with Crippen LogP contribution in [0.2, 0.25) is 0 Å². The molecule has 0 bridgehead atoms. The second-order valence-electron chi connectivity index (χ2n) is 5.71. The molecule has 0 spiro atoms. The topological polar surface area (TPSA) is 125 Å². The number of rotatable bonds is 7. The summed E-state index contributed by atoms with van der Waals surface area (Å²) >= 11 is 0. The van der Waals surface area contributed by atoms with E-state index in [2.05, 4.69) is 5.32 Å². The van der Waals surface area contributed by atoms with Crippen LogP contribution in [0, 0.1) is 0 Å². The number of hydrogen-bond acceptors (Lipinski definition) is 6. The van der Waals surface area contributed by atoms with Gasteiger partial charge in [0.25, 0.3) is 5.91 Å². The van der Waals surface area contributed by atoms with Crippen LogP contribution in [0.25, 0.3) is 0 Å². The molecule has 2 rings (SSSR count). The Bertz CT molecular complexity index is 908. The lowest BCUT2D eigenvalue weighted by Crippen LogP contribution is -2.31. The Labute approximate surface area is 157 Å². The Kier molecular flexibility index (Phi) is 6.54.